The van der Waals surface area contributed by atoms with Gasteiger partial charge in [-0.3, -0.25) is 4.79 Å². The average molecular weight is 413 g/mol. The van der Waals surface area contributed by atoms with Gasteiger partial charge in [-0.15, -0.1) is 0 Å². The zero-order chi connectivity index (χ0) is 21.3. The van der Waals surface area contributed by atoms with E-state index in [0.29, 0.717) is 12.5 Å². The Hall–Kier alpha value is -3.14. The zero-order valence-corrected chi connectivity index (χ0v) is 17.9. The van der Waals surface area contributed by atoms with Crippen LogP contribution in [0.25, 0.3) is 10.8 Å². The molecule has 0 aromatic heterocycles. The molecule has 5 rings (SSSR count). The second-order valence-electron chi connectivity index (χ2n) is 9.07. The summed E-state index contributed by atoms with van der Waals surface area (Å²) in [6.07, 6.45) is 6.52. The highest BCUT2D eigenvalue weighted by atomic mass is 16.5. The molecule has 3 atom stereocenters. The van der Waals surface area contributed by atoms with Gasteiger partial charge >= 0.3 is 0 Å². The van der Waals surface area contributed by atoms with E-state index in [0.717, 1.165) is 23.3 Å². The smallest absolute Gasteiger partial charge is 0.244 e. The van der Waals surface area contributed by atoms with E-state index >= 15 is 0 Å². The van der Waals surface area contributed by atoms with Gasteiger partial charge in [0.05, 0.1) is 6.21 Å². The molecule has 2 saturated carbocycles. The summed E-state index contributed by atoms with van der Waals surface area (Å²) in [5.41, 5.74) is 5.02. The average Bonchev–Trinajstić information content (AvgIpc) is 3.43. The van der Waals surface area contributed by atoms with Crippen LogP contribution in [0.3, 0.4) is 0 Å². The number of benzene rings is 3. The number of nitrogens with one attached hydrogen (secondary N) is 1. The van der Waals surface area contributed by atoms with E-state index < -0.39 is 0 Å². The van der Waals surface area contributed by atoms with E-state index in [1.165, 1.54) is 30.0 Å². The predicted octanol–water partition coefficient (Wildman–Crippen LogP) is 5.70. The van der Waals surface area contributed by atoms with E-state index in [4.69, 9.17) is 4.74 Å². The van der Waals surface area contributed by atoms with Crippen LogP contribution in [0.2, 0.25) is 0 Å². The molecule has 2 aliphatic rings. The Bertz CT molecular complexity index is 1130. The van der Waals surface area contributed by atoms with Crippen molar-refractivity contribution in [1.82, 2.24) is 5.43 Å². The van der Waals surface area contributed by atoms with Crippen LogP contribution in [0.5, 0.6) is 5.75 Å². The van der Waals surface area contributed by atoms with E-state index in [1.54, 1.807) is 6.21 Å². The van der Waals surface area contributed by atoms with Crippen LogP contribution < -0.4 is 10.2 Å². The van der Waals surface area contributed by atoms with Crippen molar-refractivity contribution >= 4 is 22.9 Å². The Morgan fingerprint density at radius 1 is 1.13 bits per heavy atom. The van der Waals surface area contributed by atoms with Crippen molar-refractivity contribution < 1.29 is 9.53 Å². The molecule has 0 unspecified atom stereocenters. The number of carbonyl (C=O) groups is 1. The minimum Gasteiger partial charge on any atom is -0.489 e. The van der Waals surface area contributed by atoms with Gasteiger partial charge in [0.1, 0.15) is 12.4 Å². The van der Waals surface area contributed by atoms with Crippen molar-refractivity contribution in [3.05, 3.63) is 77.9 Å². The number of hydrogen-bond donors (Lipinski definition) is 1. The molecule has 3 aromatic rings. The third kappa shape index (κ3) is 3.95. The van der Waals surface area contributed by atoms with Crippen LogP contribution in [0.4, 0.5) is 0 Å². The molecule has 158 valence electrons. The predicted molar refractivity (Wildman–Crippen MR) is 124 cm³/mol. The van der Waals surface area contributed by atoms with Gasteiger partial charge in [0.15, 0.2) is 0 Å². The first-order valence-electron chi connectivity index (χ1n) is 11.2. The topological polar surface area (TPSA) is 50.7 Å². The van der Waals surface area contributed by atoms with Crippen molar-refractivity contribution in [2.24, 2.45) is 22.4 Å². The summed E-state index contributed by atoms with van der Waals surface area (Å²) in [4.78, 5) is 12.6. The van der Waals surface area contributed by atoms with Gasteiger partial charge in [0.25, 0.3) is 0 Å². The minimum atomic E-state index is 0.0639. The summed E-state index contributed by atoms with van der Waals surface area (Å²) in [5.74, 6) is 1.52. The molecule has 3 aromatic carbocycles. The van der Waals surface area contributed by atoms with Crippen LogP contribution in [-0.2, 0) is 11.4 Å². The lowest BCUT2D eigenvalue weighted by Crippen LogP contribution is -2.22. The molecule has 0 bridgehead atoms. The Balaban J connectivity index is 1.20. The molecule has 2 fully saturated rings. The second kappa shape index (κ2) is 8.18. The number of ether oxygens (including phenoxy) is 1. The van der Waals surface area contributed by atoms with Gasteiger partial charge in [0.2, 0.25) is 5.91 Å². The number of nitrogens with zero attached hydrogens (tertiary/aromatic N) is 1. The molecule has 0 aliphatic heterocycles. The molecule has 0 heterocycles. The normalized spacial score (nSPS) is 24.7. The quantitative estimate of drug-likeness (QED) is 0.417. The van der Waals surface area contributed by atoms with Crippen molar-refractivity contribution in [1.29, 1.82) is 0 Å². The fourth-order valence-electron chi connectivity index (χ4n) is 5.35. The third-order valence-corrected chi connectivity index (χ3v) is 7.13. The van der Waals surface area contributed by atoms with Crippen molar-refractivity contribution in [3.8, 4) is 5.75 Å². The highest BCUT2D eigenvalue weighted by Gasteiger charge is 2.64. The first-order valence-corrected chi connectivity index (χ1v) is 11.2. The Morgan fingerprint density at radius 2 is 1.97 bits per heavy atom. The van der Waals surface area contributed by atoms with Gasteiger partial charge in [-0.25, -0.2) is 5.43 Å². The minimum absolute atomic E-state index is 0.0639. The van der Waals surface area contributed by atoms with Crippen LogP contribution in [0.15, 0.2) is 71.8 Å². The van der Waals surface area contributed by atoms with Gasteiger partial charge in [-0.05, 0) is 58.2 Å². The molecule has 2 aliphatic carbocycles. The van der Waals surface area contributed by atoms with Gasteiger partial charge in [-0.2, -0.15) is 5.10 Å². The lowest BCUT2D eigenvalue weighted by atomic mass is 9.90. The maximum absolute atomic E-state index is 12.6. The van der Waals surface area contributed by atoms with E-state index in [1.807, 2.05) is 36.4 Å². The SMILES string of the molecule is C[C@]12CCCC[C@H]1[C@@H]2C(=O)N/N=C\c1cccc(OCc2cccc3ccccc23)c1. The highest BCUT2D eigenvalue weighted by molar-refractivity contribution is 5.86. The van der Waals surface area contributed by atoms with Crippen LogP contribution in [0.1, 0.15) is 43.7 Å². The summed E-state index contributed by atoms with van der Waals surface area (Å²) >= 11 is 0. The van der Waals surface area contributed by atoms with Crippen molar-refractivity contribution in [2.45, 2.75) is 39.2 Å². The monoisotopic (exact) mass is 412 g/mol. The van der Waals surface area contributed by atoms with Gasteiger partial charge in [0, 0.05) is 5.92 Å². The van der Waals surface area contributed by atoms with E-state index in [-0.39, 0.29) is 17.2 Å². The van der Waals surface area contributed by atoms with Crippen molar-refractivity contribution in [2.75, 3.05) is 0 Å². The molecule has 0 saturated heterocycles. The molecular formula is C27H28N2O2. The molecule has 4 heteroatoms. The fourth-order valence-corrected chi connectivity index (χ4v) is 5.35. The number of amides is 1. The first kappa shape index (κ1) is 19.8. The maximum Gasteiger partial charge on any atom is 0.244 e. The summed E-state index contributed by atoms with van der Waals surface area (Å²) in [5, 5.41) is 6.63. The maximum atomic E-state index is 12.6. The summed E-state index contributed by atoms with van der Waals surface area (Å²) in [6.45, 7) is 2.75. The molecule has 4 nitrogen and oxygen atoms in total. The summed E-state index contributed by atoms with van der Waals surface area (Å²) in [6, 6.07) is 22.4. The highest BCUT2D eigenvalue weighted by Crippen LogP contribution is 2.66. The number of hydrazone groups is 1. The Kier molecular flexibility index (Phi) is 5.23. The molecule has 0 radical (unpaired) electrons. The summed E-state index contributed by atoms with van der Waals surface area (Å²) < 4.78 is 6.04. The third-order valence-electron chi connectivity index (χ3n) is 7.13. The zero-order valence-electron chi connectivity index (χ0n) is 17.9. The fraction of sp³-hybridized carbons (Fsp3) is 0.333. The lowest BCUT2D eigenvalue weighted by molar-refractivity contribution is -0.123. The number of carbonyl (C=O) groups excluding carboxylic acids is 1. The van der Waals surface area contributed by atoms with E-state index in [2.05, 4.69) is 47.8 Å². The Labute approximate surface area is 183 Å². The molecule has 1 N–H and O–H groups in total. The standard InChI is InChI=1S/C27H28N2O2/c1-27-15-5-4-14-24(27)25(27)26(30)29-28-17-19-8-6-12-22(16-19)31-18-21-11-7-10-20-9-2-3-13-23(20)21/h2-3,6-13,16-17,24-25H,4-5,14-15,18H2,1H3,(H,29,30)/b28-17-/t24-,25+,27-/m0/s1. The van der Waals surface area contributed by atoms with Gasteiger partial charge in [-0.1, -0.05) is 74.4 Å². The van der Waals surface area contributed by atoms with Gasteiger partial charge < -0.3 is 4.74 Å². The summed E-state index contributed by atoms with van der Waals surface area (Å²) in [7, 11) is 0. The van der Waals surface area contributed by atoms with E-state index in [9.17, 15) is 4.79 Å². The molecule has 31 heavy (non-hydrogen) atoms. The van der Waals surface area contributed by atoms with Crippen molar-refractivity contribution in [3.63, 3.8) is 0 Å². The number of rotatable bonds is 6. The first-order chi connectivity index (χ1) is 15.1. The van der Waals surface area contributed by atoms with Crippen LogP contribution in [-0.4, -0.2) is 12.1 Å². The lowest BCUT2D eigenvalue weighted by Gasteiger charge is -2.15. The number of hydrogen-bond acceptors (Lipinski definition) is 3. The van der Waals surface area contributed by atoms with Crippen LogP contribution in [0, 0.1) is 17.3 Å². The largest absolute Gasteiger partial charge is 0.489 e. The number of fused-ring (bicyclic) bond motifs is 2. The van der Waals surface area contributed by atoms with Crippen LogP contribution >= 0.6 is 0 Å². The molecule has 1 amide bonds. The molecule has 0 spiro atoms. The Morgan fingerprint density at radius 3 is 2.84 bits per heavy atom. The molecular weight excluding hydrogens is 384 g/mol. The second-order valence-corrected chi connectivity index (χ2v) is 9.07.